The fourth-order valence-corrected chi connectivity index (χ4v) is 4.33. The van der Waals surface area contributed by atoms with E-state index in [0.29, 0.717) is 30.1 Å². The molecule has 0 aromatic heterocycles. The summed E-state index contributed by atoms with van der Waals surface area (Å²) in [6.07, 6.45) is 1.04. The normalized spacial score (nSPS) is 15.0. The van der Waals surface area contributed by atoms with E-state index in [-0.39, 0.29) is 17.1 Å². The predicted octanol–water partition coefficient (Wildman–Crippen LogP) is 6.75. The molecule has 0 aliphatic carbocycles. The number of anilines is 1. The first-order valence-electron chi connectivity index (χ1n) is 11.5. The van der Waals surface area contributed by atoms with Crippen LogP contribution in [0.15, 0.2) is 24.3 Å². The standard InChI is InChI=1S/C28H37NO3/c1-16(2)20-12-10-19(11-13-20)14-21-17(3)24(29-22(30)15-27(5,6)7)18(4)23-25(21)32-28(8,9)26(23)31/h10-13,16H,14-15H2,1-9H3,(H,29,30). The Morgan fingerprint density at radius 1 is 1.06 bits per heavy atom. The van der Waals surface area contributed by atoms with Crippen molar-refractivity contribution in [1.29, 1.82) is 0 Å². The highest BCUT2D eigenvalue weighted by Gasteiger charge is 2.43. The van der Waals surface area contributed by atoms with E-state index >= 15 is 0 Å². The molecule has 1 N–H and O–H groups in total. The lowest BCUT2D eigenvalue weighted by atomic mass is 9.88. The second-order valence-electron chi connectivity index (χ2n) is 11.1. The van der Waals surface area contributed by atoms with Crippen molar-refractivity contribution >= 4 is 17.4 Å². The van der Waals surface area contributed by atoms with Gasteiger partial charge in [-0.1, -0.05) is 58.9 Å². The third kappa shape index (κ3) is 4.74. The van der Waals surface area contributed by atoms with Gasteiger partial charge in [-0.2, -0.15) is 0 Å². The number of hydrogen-bond donors (Lipinski definition) is 1. The van der Waals surface area contributed by atoms with Crippen LogP contribution in [0.25, 0.3) is 0 Å². The lowest BCUT2D eigenvalue weighted by Crippen LogP contribution is -2.32. The Kier molecular flexibility index (Phi) is 6.29. The predicted molar refractivity (Wildman–Crippen MR) is 131 cm³/mol. The molecule has 1 amide bonds. The molecule has 1 aliphatic heterocycles. The van der Waals surface area contributed by atoms with Gasteiger partial charge in [-0.05, 0) is 61.3 Å². The van der Waals surface area contributed by atoms with Gasteiger partial charge in [0.25, 0.3) is 0 Å². The van der Waals surface area contributed by atoms with E-state index in [1.165, 1.54) is 5.56 Å². The monoisotopic (exact) mass is 435 g/mol. The quantitative estimate of drug-likeness (QED) is 0.565. The lowest BCUT2D eigenvalue weighted by Gasteiger charge is -2.22. The minimum absolute atomic E-state index is 0.0345. The third-order valence-electron chi connectivity index (χ3n) is 6.19. The Hall–Kier alpha value is -2.62. The van der Waals surface area contributed by atoms with Crippen LogP contribution >= 0.6 is 0 Å². The summed E-state index contributed by atoms with van der Waals surface area (Å²) in [5, 5.41) is 3.12. The van der Waals surface area contributed by atoms with Crippen molar-refractivity contribution in [3.05, 3.63) is 57.6 Å². The van der Waals surface area contributed by atoms with Gasteiger partial charge in [0.05, 0.1) is 5.56 Å². The van der Waals surface area contributed by atoms with Gasteiger partial charge < -0.3 is 10.1 Å². The summed E-state index contributed by atoms with van der Waals surface area (Å²) >= 11 is 0. The van der Waals surface area contributed by atoms with E-state index < -0.39 is 5.60 Å². The third-order valence-corrected chi connectivity index (χ3v) is 6.19. The number of ketones is 1. The minimum atomic E-state index is -0.913. The molecular weight excluding hydrogens is 398 g/mol. The van der Waals surface area contributed by atoms with Gasteiger partial charge in [0, 0.05) is 24.1 Å². The van der Waals surface area contributed by atoms with E-state index in [1.807, 2.05) is 48.5 Å². The number of nitrogens with one attached hydrogen (secondary N) is 1. The summed E-state index contributed by atoms with van der Waals surface area (Å²) in [4.78, 5) is 26.0. The molecule has 0 saturated heterocycles. The van der Waals surface area contributed by atoms with Crippen LogP contribution in [0.2, 0.25) is 0 Å². The van der Waals surface area contributed by atoms with E-state index in [9.17, 15) is 9.59 Å². The van der Waals surface area contributed by atoms with Crippen LogP contribution < -0.4 is 10.1 Å². The summed E-state index contributed by atoms with van der Waals surface area (Å²) in [6, 6.07) is 8.60. The number of fused-ring (bicyclic) bond motifs is 1. The first kappa shape index (κ1) is 24.0. The van der Waals surface area contributed by atoms with Crippen LogP contribution in [0.3, 0.4) is 0 Å². The number of rotatable bonds is 5. The number of carbonyl (C=O) groups is 2. The zero-order valence-corrected chi connectivity index (χ0v) is 21.0. The fourth-order valence-electron chi connectivity index (χ4n) is 4.33. The average molecular weight is 436 g/mol. The molecular formula is C28H37NO3. The van der Waals surface area contributed by atoms with Crippen molar-refractivity contribution in [2.45, 2.75) is 86.7 Å². The fraction of sp³-hybridized carbons (Fsp3) is 0.500. The van der Waals surface area contributed by atoms with Gasteiger partial charge in [0.1, 0.15) is 5.75 Å². The molecule has 0 saturated carbocycles. The van der Waals surface area contributed by atoms with Crippen LogP contribution in [0.1, 0.15) is 99.0 Å². The molecule has 0 atom stereocenters. The van der Waals surface area contributed by atoms with Gasteiger partial charge in [0.2, 0.25) is 11.7 Å². The van der Waals surface area contributed by atoms with Crippen LogP contribution in [-0.2, 0) is 11.2 Å². The highest BCUT2D eigenvalue weighted by molar-refractivity contribution is 6.10. The summed E-state index contributed by atoms with van der Waals surface area (Å²) < 4.78 is 6.21. The van der Waals surface area contributed by atoms with Gasteiger partial charge in [-0.15, -0.1) is 0 Å². The van der Waals surface area contributed by atoms with Crippen LogP contribution in [0, 0.1) is 19.3 Å². The number of carbonyl (C=O) groups excluding carboxylic acids is 2. The molecule has 172 valence electrons. The number of ether oxygens (including phenoxy) is 1. The Morgan fingerprint density at radius 2 is 1.66 bits per heavy atom. The van der Waals surface area contributed by atoms with Gasteiger partial charge >= 0.3 is 0 Å². The Bertz CT molecular complexity index is 1050. The average Bonchev–Trinajstić information content (AvgIpc) is 2.91. The SMILES string of the molecule is Cc1c(Cc2ccc(C(C)C)cc2)c2c(c(C)c1NC(=O)CC(C)(C)C)C(=O)C(C)(C)O2. The lowest BCUT2D eigenvalue weighted by molar-refractivity contribution is -0.117. The number of Topliss-reactive ketones (excluding diaryl/α,β-unsaturated/α-hetero) is 1. The molecule has 2 aromatic rings. The summed E-state index contributed by atoms with van der Waals surface area (Å²) in [5.41, 5.74) is 5.46. The maximum Gasteiger partial charge on any atom is 0.224 e. The van der Waals surface area contributed by atoms with E-state index in [2.05, 4.69) is 43.4 Å². The largest absolute Gasteiger partial charge is 0.479 e. The Morgan fingerprint density at radius 3 is 2.19 bits per heavy atom. The maximum atomic E-state index is 13.2. The number of amides is 1. The van der Waals surface area contributed by atoms with Crippen molar-refractivity contribution in [2.75, 3.05) is 5.32 Å². The van der Waals surface area contributed by atoms with Crippen molar-refractivity contribution in [3.63, 3.8) is 0 Å². The molecule has 3 rings (SSSR count). The molecule has 1 heterocycles. The molecule has 1 aliphatic rings. The molecule has 0 spiro atoms. The summed E-state index contributed by atoms with van der Waals surface area (Å²) in [5.74, 6) is 1.06. The molecule has 0 radical (unpaired) electrons. The van der Waals surface area contributed by atoms with Gasteiger partial charge in [-0.3, -0.25) is 9.59 Å². The van der Waals surface area contributed by atoms with Crippen LogP contribution in [0.5, 0.6) is 5.75 Å². The van der Waals surface area contributed by atoms with Crippen LogP contribution in [0.4, 0.5) is 5.69 Å². The molecule has 0 unspecified atom stereocenters. The first-order valence-corrected chi connectivity index (χ1v) is 11.5. The number of benzene rings is 2. The van der Waals surface area contributed by atoms with Crippen molar-refractivity contribution in [3.8, 4) is 5.75 Å². The van der Waals surface area contributed by atoms with Crippen molar-refractivity contribution in [2.24, 2.45) is 5.41 Å². The second kappa shape index (κ2) is 8.38. The summed E-state index contributed by atoms with van der Waals surface area (Å²) in [7, 11) is 0. The number of hydrogen-bond acceptors (Lipinski definition) is 3. The Labute approximate surface area is 192 Å². The smallest absolute Gasteiger partial charge is 0.224 e. The summed E-state index contributed by atoms with van der Waals surface area (Å²) in [6.45, 7) is 18.0. The van der Waals surface area contributed by atoms with E-state index in [1.54, 1.807) is 0 Å². The zero-order valence-electron chi connectivity index (χ0n) is 21.0. The minimum Gasteiger partial charge on any atom is -0.479 e. The maximum absolute atomic E-state index is 13.2. The second-order valence-corrected chi connectivity index (χ2v) is 11.1. The molecule has 2 aromatic carbocycles. The van der Waals surface area contributed by atoms with Gasteiger partial charge in [0.15, 0.2) is 5.60 Å². The molecule has 4 nitrogen and oxygen atoms in total. The zero-order chi connectivity index (χ0) is 24.0. The molecule has 4 heteroatoms. The topological polar surface area (TPSA) is 55.4 Å². The van der Waals surface area contributed by atoms with Crippen LogP contribution in [-0.4, -0.2) is 17.3 Å². The van der Waals surface area contributed by atoms with Crippen molar-refractivity contribution < 1.29 is 14.3 Å². The highest BCUT2D eigenvalue weighted by Crippen LogP contribution is 2.45. The van der Waals surface area contributed by atoms with E-state index in [4.69, 9.17) is 4.74 Å². The molecule has 0 bridgehead atoms. The Balaban J connectivity index is 2.10. The highest BCUT2D eigenvalue weighted by atomic mass is 16.5. The van der Waals surface area contributed by atoms with E-state index in [0.717, 1.165) is 27.9 Å². The van der Waals surface area contributed by atoms with Gasteiger partial charge in [-0.25, -0.2) is 0 Å². The molecule has 32 heavy (non-hydrogen) atoms. The van der Waals surface area contributed by atoms with Crippen molar-refractivity contribution in [1.82, 2.24) is 0 Å². The molecule has 0 fully saturated rings. The first-order chi connectivity index (χ1) is 14.7.